The number of benzene rings is 1. The third kappa shape index (κ3) is 3.92. The fourth-order valence-corrected chi connectivity index (χ4v) is 3.88. The van der Waals surface area contributed by atoms with Gasteiger partial charge in [0.2, 0.25) is 0 Å². The lowest BCUT2D eigenvalue weighted by Crippen LogP contribution is -2.21. The number of ether oxygens (including phenoxy) is 1. The van der Waals surface area contributed by atoms with Gasteiger partial charge in [0.05, 0.1) is 12.7 Å². The zero-order valence-electron chi connectivity index (χ0n) is 17.5. The number of pyridine rings is 2. The van der Waals surface area contributed by atoms with E-state index in [-0.39, 0.29) is 11.7 Å². The second-order valence-electron chi connectivity index (χ2n) is 7.28. The molecule has 0 radical (unpaired) electrons. The summed E-state index contributed by atoms with van der Waals surface area (Å²) in [6.07, 6.45) is 6.53. The van der Waals surface area contributed by atoms with Gasteiger partial charge in [0.1, 0.15) is 16.3 Å². The molecule has 0 atom stereocenters. The van der Waals surface area contributed by atoms with E-state index in [2.05, 4.69) is 15.0 Å². The van der Waals surface area contributed by atoms with Gasteiger partial charge in [0, 0.05) is 72.6 Å². The largest absolute Gasteiger partial charge is 0.496 e. The van der Waals surface area contributed by atoms with Crippen molar-refractivity contribution in [2.75, 3.05) is 21.2 Å². The van der Waals surface area contributed by atoms with Crippen molar-refractivity contribution in [1.29, 1.82) is 0 Å². The highest BCUT2D eigenvalue weighted by Gasteiger charge is 2.18. The second kappa shape index (κ2) is 8.04. The summed E-state index contributed by atoms with van der Waals surface area (Å²) in [5.41, 5.74) is 3.77. The van der Waals surface area contributed by atoms with Crippen molar-refractivity contribution >= 4 is 27.2 Å². The van der Waals surface area contributed by atoms with Crippen molar-refractivity contribution < 1.29 is 21.8 Å². The van der Waals surface area contributed by atoms with Crippen LogP contribution < -0.4 is 4.74 Å². The lowest BCUT2D eigenvalue weighted by atomic mass is 10.0. The molecule has 3 aromatic heterocycles. The van der Waals surface area contributed by atoms with Gasteiger partial charge < -0.3 is 14.6 Å². The molecule has 0 fully saturated rings. The SMILES string of the molecule is COc1cc(S(=O)(=O)F)ccc1-c1c[nH]c2ncc(-c3cncc(C(=O)N(C)C)c3)cc12. The van der Waals surface area contributed by atoms with Crippen LogP contribution in [-0.2, 0) is 10.2 Å². The Morgan fingerprint density at radius 1 is 1.06 bits per heavy atom. The Bertz CT molecular complexity index is 1450. The fourth-order valence-electron chi connectivity index (χ4n) is 3.40. The summed E-state index contributed by atoms with van der Waals surface area (Å²) in [5, 5.41) is 0.737. The maximum atomic E-state index is 13.4. The first-order valence-electron chi connectivity index (χ1n) is 9.46. The summed E-state index contributed by atoms with van der Waals surface area (Å²) in [6, 6.07) is 7.43. The minimum atomic E-state index is -4.86. The number of H-pyrrole nitrogens is 1. The monoisotopic (exact) mass is 454 g/mol. The van der Waals surface area contributed by atoms with Crippen molar-refractivity contribution in [2.45, 2.75) is 4.90 Å². The first kappa shape index (κ1) is 21.4. The highest BCUT2D eigenvalue weighted by atomic mass is 32.3. The average Bonchev–Trinajstić information content (AvgIpc) is 3.20. The molecule has 4 rings (SSSR count). The number of hydrogen-bond donors (Lipinski definition) is 1. The lowest BCUT2D eigenvalue weighted by Gasteiger charge is -2.11. The third-order valence-corrected chi connectivity index (χ3v) is 5.82. The van der Waals surface area contributed by atoms with E-state index in [1.165, 1.54) is 30.3 Å². The Labute approximate surface area is 183 Å². The van der Waals surface area contributed by atoms with Gasteiger partial charge in [-0.15, -0.1) is 3.89 Å². The smallest absolute Gasteiger partial charge is 0.332 e. The van der Waals surface area contributed by atoms with Gasteiger partial charge in [-0.05, 0) is 24.3 Å². The predicted octanol–water partition coefficient (Wildman–Crippen LogP) is 3.66. The van der Waals surface area contributed by atoms with Gasteiger partial charge in [-0.1, -0.05) is 0 Å². The summed E-state index contributed by atoms with van der Waals surface area (Å²) >= 11 is 0. The molecule has 32 heavy (non-hydrogen) atoms. The van der Waals surface area contributed by atoms with Gasteiger partial charge in [-0.2, -0.15) is 8.42 Å². The molecule has 0 unspecified atom stereocenters. The number of carbonyl (C=O) groups excluding carboxylic acids is 1. The molecular weight excluding hydrogens is 435 g/mol. The van der Waals surface area contributed by atoms with E-state index >= 15 is 0 Å². The van der Waals surface area contributed by atoms with Crippen LogP contribution in [0.2, 0.25) is 0 Å². The highest BCUT2D eigenvalue weighted by Crippen LogP contribution is 2.37. The van der Waals surface area contributed by atoms with E-state index in [0.717, 1.165) is 17.0 Å². The zero-order chi connectivity index (χ0) is 23.0. The summed E-state index contributed by atoms with van der Waals surface area (Å²) in [7, 11) is -0.145. The molecule has 0 saturated carbocycles. The quantitative estimate of drug-likeness (QED) is 0.462. The minimum Gasteiger partial charge on any atom is -0.496 e. The molecule has 0 aliphatic heterocycles. The van der Waals surface area contributed by atoms with Crippen LogP contribution in [0, 0.1) is 0 Å². The van der Waals surface area contributed by atoms with Crippen LogP contribution in [0.25, 0.3) is 33.3 Å². The second-order valence-corrected chi connectivity index (χ2v) is 8.63. The number of nitrogens with one attached hydrogen (secondary N) is 1. The number of rotatable bonds is 5. The maximum Gasteiger partial charge on any atom is 0.332 e. The van der Waals surface area contributed by atoms with Crippen molar-refractivity contribution in [2.24, 2.45) is 0 Å². The fraction of sp³-hybridized carbons (Fsp3) is 0.136. The minimum absolute atomic E-state index is 0.164. The predicted molar refractivity (Wildman–Crippen MR) is 118 cm³/mol. The summed E-state index contributed by atoms with van der Waals surface area (Å²) in [4.78, 5) is 25.0. The number of aromatic nitrogens is 3. The van der Waals surface area contributed by atoms with Gasteiger partial charge >= 0.3 is 10.2 Å². The Balaban J connectivity index is 1.83. The molecule has 3 heterocycles. The van der Waals surface area contributed by atoms with Crippen molar-refractivity contribution in [3.63, 3.8) is 0 Å². The molecule has 0 spiro atoms. The number of amides is 1. The Kier molecular flexibility index (Phi) is 5.39. The topological polar surface area (TPSA) is 105 Å². The van der Waals surface area contributed by atoms with E-state index in [1.807, 2.05) is 6.07 Å². The number of halogens is 1. The van der Waals surface area contributed by atoms with Crippen molar-refractivity contribution in [3.05, 3.63) is 60.7 Å². The Hall–Kier alpha value is -3.79. The van der Waals surface area contributed by atoms with Gasteiger partial charge in [0.25, 0.3) is 5.91 Å². The third-order valence-electron chi connectivity index (χ3n) is 5.00. The first-order chi connectivity index (χ1) is 15.2. The number of fused-ring (bicyclic) bond motifs is 1. The molecule has 0 aliphatic rings. The van der Waals surface area contributed by atoms with E-state index in [4.69, 9.17) is 4.74 Å². The van der Waals surface area contributed by atoms with Crippen LogP contribution in [0.4, 0.5) is 3.89 Å². The number of aromatic amines is 1. The molecule has 0 bridgehead atoms. The van der Waals surface area contributed by atoms with Crippen LogP contribution in [0.5, 0.6) is 5.75 Å². The Morgan fingerprint density at radius 2 is 1.81 bits per heavy atom. The van der Waals surface area contributed by atoms with E-state index in [9.17, 15) is 17.1 Å². The highest BCUT2D eigenvalue weighted by molar-refractivity contribution is 7.86. The molecule has 164 valence electrons. The van der Waals surface area contributed by atoms with Crippen LogP contribution in [0.1, 0.15) is 10.4 Å². The Morgan fingerprint density at radius 3 is 2.50 bits per heavy atom. The maximum absolute atomic E-state index is 13.4. The normalized spacial score (nSPS) is 11.5. The molecule has 1 N–H and O–H groups in total. The summed E-state index contributed by atoms with van der Waals surface area (Å²) in [6.45, 7) is 0. The molecule has 1 amide bonds. The van der Waals surface area contributed by atoms with Crippen molar-refractivity contribution in [1.82, 2.24) is 19.9 Å². The van der Waals surface area contributed by atoms with E-state index < -0.39 is 15.1 Å². The molecule has 10 heteroatoms. The van der Waals surface area contributed by atoms with Crippen LogP contribution >= 0.6 is 0 Å². The van der Waals surface area contributed by atoms with Crippen LogP contribution in [0.3, 0.4) is 0 Å². The standard InChI is InChI=1S/C22H19FN4O4S/c1-27(2)22(28)15-6-13(9-24-10-15)14-7-18-19(12-26-21(18)25-11-14)17-5-4-16(32(23,29)30)8-20(17)31-3/h4-12H,1-3H3,(H,25,26). The van der Waals surface area contributed by atoms with Crippen LogP contribution in [-0.4, -0.2) is 55.4 Å². The molecule has 0 saturated heterocycles. The number of hydrogen-bond acceptors (Lipinski definition) is 6. The number of methoxy groups -OCH3 is 1. The van der Waals surface area contributed by atoms with Crippen molar-refractivity contribution in [3.8, 4) is 28.0 Å². The number of carbonyl (C=O) groups is 1. The zero-order valence-corrected chi connectivity index (χ0v) is 18.3. The van der Waals surface area contributed by atoms with E-state index in [1.54, 1.807) is 38.8 Å². The van der Waals surface area contributed by atoms with Gasteiger partial charge in [-0.3, -0.25) is 9.78 Å². The molecule has 4 aromatic rings. The van der Waals surface area contributed by atoms with E-state index in [0.29, 0.717) is 27.9 Å². The molecule has 1 aromatic carbocycles. The van der Waals surface area contributed by atoms with Crippen LogP contribution in [0.15, 0.2) is 60.0 Å². The summed E-state index contributed by atoms with van der Waals surface area (Å²) < 4.78 is 41.2. The summed E-state index contributed by atoms with van der Waals surface area (Å²) in [5.74, 6) is 0.0404. The molecule has 0 aliphatic carbocycles. The average molecular weight is 454 g/mol. The van der Waals surface area contributed by atoms with Gasteiger partial charge in [-0.25, -0.2) is 4.98 Å². The molecular formula is C22H19FN4O4S. The molecule has 8 nitrogen and oxygen atoms in total. The first-order valence-corrected chi connectivity index (χ1v) is 10.8. The lowest BCUT2D eigenvalue weighted by molar-refractivity contribution is 0.0827. The van der Waals surface area contributed by atoms with Gasteiger partial charge in [0.15, 0.2) is 0 Å². The number of nitrogens with zero attached hydrogens (tertiary/aromatic N) is 3.